The van der Waals surface area contributed by atoms with Gasteiger partial charge in [0.15, 0.2) is 0 Å². The number of amides is 2. The average molecular weight is 445 g/mol. The number of fused-ring (bicyclic) bond motifs is 1. The van der Waals surface area contributed by atoms with Crippen LogP contribution in [0.5, 0.6) is 0 Å². The van der Waals surface area contributed by atoms with E-state index >= 15 is 0 Å². The molecule has 0 aliphatic carbocycles. The van der Waals surface area contributed by atoms with E-state index in [1.54, 1.807) is 19.2 Å². The lowest BCUT2D eigenvalue weighted by molar-refractivity contribution is -0.385. The quantitative estimate of drug-likeness (QED) is 0.346. The van der Waals surface area contributed by atoms with Crippen molar-refractivity contribution in [2.75, 3.05) is 4.90 Å². The number of carbonyl (C=O) groups excluding carboxylic acids is 2. The Labute approximate surface area is 178 Å². The van der Waals surface area contributed by atoms with Crippen molar-refractivity contribution in [1.82, 2.24) is 9.13 Å². The number of carbonyl (C=O) groups is 2. The van der Waals surface area contributed by atoms with Crippen molar-refractivity contribution in [2.45, 2.75) is 0 Å². The van der Waals surface area contributed by atoms with Gasteiger partial charge >= 0.3 is 5.69 Å². The third-order valence-electron chi connectivity index (χ3n) is 4.78. The molecule has 0 N–H and O–H groups in total. The molecule has 2 heterocycles. The Morgan fingerprint density at radius 1 is 1.03 bits per heavy atom. The first kappa shape index (κ1) is 19.9. The standard InChI is InChI=1S/C19H13ClN4O5S/c1-21-14-7-10(13(24(28)29)9-15(14)22(2)18(21)26)8-16-17(25)23(19(27)30-16)12-5-3-11(20)4-6-12/h3-9H,1-2H3/b16-8+. The summed E-state index contributed by atoms with van der Waals surface area (Å²) in [5.41, 5.74) is 0.717. The summed E-state index contributed by atoms with van der Waals surface area (Å²) < 4.78 is 2.66. The molecule has 0 radical (unpaired) electrons. The molecular formula is C19H13ClN4O5S. The van der Waals surface area contributed by atoms with Crippen LogP contribution in [0.2, 0.25) is 5.02 Å². The van der Waals surface area contributed by atoms with Gasteiger partial charge in [-0.1, -0.05) is 11.6 Å². The van der Waals surface area contributed by atoms with E-state index in [2.05, 4.69) is 0 Å². The maximum Gasteiger partial charge on any atom is 0.328 e. The van der Waals surface area contributed by atoms with Gasteiger partial charge < -0.3 is 0 Å². The number of nitrogens with zero attached hydrogens (tertiary/aromatic N) is 4. The summed E-state index contributed by atoms with van der Waals surface area (Å²) in [5, 5.41) is 11.5. The van der Waals surface area contributed by atoms with Crippen molar-refractivity contribution in [3.63, 3.8) is 0 Å². The molecule has 4 rings (SSSR count). The monoisotopic (exact) mass is 444 g/mol. The average Bonchev–Trinajstić information content (AvgIpc) is 3.10. The minimum atomic E-state index is -0.594. The fourth-order valence-corrected chi connectivity index (χ4v) is 4.20. The number of benzene rings is 2. The van der Waals surface area contributed by atoms with Crippen molar-refractivity contribution in [1.29, 1.82) is 0 Å². The summed E-state index contributed by atoms with van der Waals surface area (Å²) in [6, 6.07) is 8.93. The van der Waals surface area contributed by atoms with Crippen molar-refractivity contribution in [3.8, 4) is 0 Å². The fraction of sp³-hybridized carbons (Fsp3) is 0.105. The predicted octanol–water partition coefficient (Wildman–Crippen LogP) is 3.68. The number of aromatic nitrogens is 2. The zero-order chi connectivity index (χ0) is 21.7. The van der Waals surface area contributed by atoms with Crippen molar-refractivity contribution in [2.24, 2.45) is 14.1 Å². The predicted molar refractivity (Wildman–Crippen MR) is 115 cm³/mol. The second-order valence-corrected chi connectivity index (χ2v) is 7.98. The van der Waals surface area contributed by atoms with Gasteiger partial charge in [-0.15, -0.1) is 0 Å². The van der Waals surface area contributed by atoms with E-state index in [0.717, 1.165) is 4.90 Å². The highest BCUT2D eigenvalue weighted by molar-refractivity contribution is 8.19. The summed E-state index contributed by atoms with van der Waals surface area (Å²) in [6.07, 6.45) is 1.30. The molecular weight excluding hydrogens is 432 g/mol. The largest absolute Gasteiger partial charge is 0.328 e. The number of imidazole rings is 1. The van der Waals surface area contributed by atoms with E-state index in [1.807, 2.05) is 0 Å². The number of nitro groups is 1. The zero-order valence-electron chi connectivity index (χ0n) is 15.7. The summed E-state index contributed by atoms with van der Waals surface area (Å²) in [4.78, 5) is 49.4. The Kier molecular flexibility index (Phi) is 4.75. The fourth-order valence-electron chi connectivity index (χ4n) is 3.25. The smallest absolute Gasteiger partial charge is 0.295 e. The third-order valence-corrected chi connectivity index (χ3v) is 5.90. The van der Waals surface area contributed by atoms with Gasteiger partial charge in [0.2, 0.25) is 0 Å². The highest BCUT2D eigenvalue weighted by Gasteiger charge is 2.36. The first-order valence-electron chi connectivity index (χ1n) is 8.56. The van der Waals surface area contributed by atoms with Crippen molar-refractivity contribution >= 4 is 63.0 Å². The minimum absolute atomic E-state index is 0.0401. The van der Waals surface area contributed by atoms with E-state index in [4.69, 9.17) is 11.6 Å². The molecule has 11 heteroatoms. The third kappa shape index (κ3) is 3.10. The number of hydrogen-bond donors (Lipinski definition) is 0. The SMILES string of the molecule is Cn1c(=O)n(C)c2cc([N+](=O)[O-])c(/C=C3/SC(=O)N(c4ccc(Cl)cc4)C3=O)cc21. The molecule has 0 unspecified atom stereocenters. The molecule has 30 heavy (non-hydrogen) atoms. The Balaban J connectivity index is 1.83. The summed E-state index contributed by atoms with van der Waals surface area (Å²) in [6.45, 7) is 0. The molecule has 9 nitrogen and oxygen atoms in total. The van der Waals surface area contributed by atoms with Crippen LogP contribution in [0, 0.1) is 10.1 Å². The van der Waals surface area contributed by atoms with E-state index in [1.165, 1.54) is 46.5 Å². The molecule has 1 saturated heterocycles. The maximum atomic E-state index is 12.8. The lowest BCUT2D eigenvalue weighted by atomic mass is 10.1. The molecule has 1 aliphatic rings. The topological polar surface area (TPSA) is 107 Å². The summed E-state index contributed by atoms with van der Waals surface area (Å²) in [5.74, 6) is -0.594. The van der Waals surface area contributed by atoms with Gasteiger partial charge in [0.05, 0.1) is 32.1 Å². The molecule has 0 saturated carbocycles. The summed E-state index contributed by atoms with van der Waals surface area (Å²) >= 11 is 6.54. The number of anilines is 1. The first-order valence-corrected chi connectivity index (χ1v) is 9.76. The number of nitro benzene ring substituents is 1. The molecule has 0 spiro atoms. The van der Waals surface area contributed by atoms with Gasteiger partial charge in [-0.05, 0) is 48.2 Å². The van der Waals surface area contributed by atoms with Gasteiger partial charge in [-0.3, -0.25) is 28.8 Å². The lowest BCUT2D eigenvalue weighted by Gasteiger charge is -2.12. The minimum Gasteiger partial charge on any atom is -0.295 e. The molecule has 3 aromatic rings. The molecule has 2 amide bonds. The molecule has 2 aromatic carbocycles. The van der Waals surface area contributed by atoms with Crippen LogP contribution in [0.25, 0.3) is 17.1 Å². The van der Waals surface area contributed by atoms with Gasteiger partial charge in [-0.2, -0.15) is 0 Å². The highest BCUT2D eigenvalue weighted by atomic mass is 35.5. The highest BCUT2D eigenvalue weighted by Crippen LogP contribution is 2.37. The summed E-state index contributed by atoms with van der Waals surface area (Å²) in [7, 11) is 3.07. The molecule has 152 valence electrons. The van der Waals surface area contributed by atoms with E-state index in [0.29, 0.717) is 33.5 Å². The maximum absolute atomic E-state index is 12.8. The van der Waals surface area contributed by atoms with Crippen LogP contribution in [0.15, 0.2) is 46.1 Å². The van der Waals surface area contributed by atoms with Gasteiger partial charge in [0.1, 0.15) is 0 Å². The molecule has 0 atom stereocenters. The first-order chi connectivity index (χ1) is 14.2. The molecule has 1 aromatic heterocycles. The molecule has 1 fully saturated rings. The van der Waals surface area contributed by atoms with Crippen LogP contribution < -0.4 is 10.6 Å². The number of aryl methyl sites for hydroxylation is 2. The number of thioether (sulfide) groups is 1. The Morgan fingerprint density at radius 3 is 2.23 bits per heavy atom. The number of imide groups is 1. The number of hydrogen-bond acceptors (Lipinski definition) is 6. The van der Waals surface area contributed by atoms with E-state index in [9.17, 15) is 24.5 Å². The molecule has 1 aliphatic heterocycles. The number of halogens is 1. The van der Waals surface area contributed by atoms with E-state index < -0.39 is 16.1 Å². The lowest BCUT2D eigenvalue weighted by Crippen LogP contribution is -2.27. The van der Waals surface area contributed by atoms with Crippen LogP contribution >= 0.6 is 23.4 Å². The Hall–Kier alpha value is -3.37. The second-order valence-electron chi connectivity index (χ2n) is 6.55. The van der Waals surface area contributed by atoms with Gasteiger partial charge in [0.25, 0.3) is 16.8 Å². The van der Waals surface area contributed by atoms with Gasteiger partial charge in [0, 0.05) is 25.2 Å². The Morgan fingerprint density at radius 2 is 1.63 bits per heavy atom. The van der Waals surface area contributed by atoms with Crippen LogP contribution in [-0.2, 0) is 18.9 Å². The zero-order valence-corrected chi connectivity index (χ0v) is 17.2. The normalized spacial score (nSPS) is 15.6. The van der Waals surface area contributed by atoms with E-state index in [-0.39, 0.29) is 21.8 Å². The Bertz CT molecular complexity index is 1340. The van der Waals surface area contributed by atoms with Crippen LogP contribution in [-0.4, -0.2) is 25.2 Å². The van der Waals surface area contributed by atoms with Crippen molar-refractivity contribution in [3.05, 3.63) is 72.5 Å². The van der Waals surface area contributed by atoms with Crippen molar-refractivity contribution < 1.29 is 14.5 Å². The van der Waals surface area contributed by atoms with Crippen LogP contribution in [0.4, 0.5) is 16.2 Å². The second kappa shape index (κ2) is 7.15. The number of rotatable bonds is 3. The van der Waals surface area contributed by atoms with Gasteiger partial charge in [-0.25, -0.2) is 9.69 Å². The molecule has 0 bridgehead atoms. The van der Waals surface area contributed by atoms with Crippen LogP contribution in [0.1, 0.15) is 5.56 Å². The van der Waals surface area contributed by atoms with Crippen LogP contribution in [0.3, 0.4) is 0 Å².